The van der Waals surface area contributed by atoms with Gasteiger partial charge in [-0.1, -0.05) is 29.8 Å². The Kier molecular flexibility index (Phi) is 4.31. The fraction of sp³-hybridized carbons (Fsp3) is 0.238. The molecule has 26 heavy (non-hydrogen) atoms. The maximum Gasteiger partial charge on any atom is 0.209 e. The van der Waals surface area contributed by atoms with Crippen molar-refractivity contribution in [3.05, 3.63) is 70.9 Å². The standard InChI is InChI=1S/C21H20N2O3/c1-14-5-7-15(8-6-14)22-17-13-18(23-9-11-26-12-10-23)21(25)16-3-2-4-19(24)20(16)17/h2-8,13,24H,9-12H2,1H3. The lowest BCUT2D eigenvalue weighted by Gasteiger charge is -2.32. The van der Waals surface area contributed by atoms with E-state index >= 15 is 0 Å². The Morgan fingerprint density at radius 3 is 2.54 bits per heavy atom. The minimum Gasteiger partial charge on any atom is -0.507 e. The number of fused-ring (bicyclic) bond motifs is 1. The fourth-order valence-corrected chi connectivity index (χ4v) is 3.29. The molecule has 1 saturated heterocycles. The highest BCUT2D eigenvalue weighted by Gasteiger charge is 2.30. The molecule has 2 aromatic carbocycles. The first-order valence-electron chi connectivity index (χ1n) is 8.70. The normalized spacial score (nSPS) is 18.7. The topological polar surface area (TPSA) is 62.1 Å². The van der Waals surface area contributed by atoms with Gasteiger partial charge >= 0.3 is 0 Å². The number of aliphatic imine (C=N–C) groups is 1. The second kappa shape index (κ2) is 6.77. The zero-order chi connectivity index (χ0) is 18.1. The average molecular weight is 348 g/mol. The Morgan fingerprint density at radius 2 is 1.81 bits per heavy atom. The van der Waals surface area contributed by atoms with Crippen molar-refractivity contribution in [2.45, 2.75) is 6.92 Å². The van der Waals surface area contributed by atoms with Crippen LogP contribution in [0.25, 0.3) is 0 Å². The lowest BCUT2D eigenvalue weighted by molar-refractivity contribution is 0.0507. The number of Topliss-reactive ketones (excluding diaryl/α,β-unsaturated/α-hetero) is 1. The summed E-state index contributed by atoms with van der Waals surface area (Å²) in [5.41, 5.74) is 4.13. The molecule has 0 unspecified atom stereocenters. The van der Waals surface area contributed by atoms with Gasteiger partial charge in [-0.15, -0.1) is 0 Å². The first-order valence-corrected chi connectivity index (χ1v) is 8.70. The molecule has 5 heteroatoms. The fourth-order valence-electron chi connectivity index (χ4n) is 3.29. The van der Waals surface area contributed by atoms with Crippen molar-refractivity contribution in [2.75, 3.05) is 26.3 Å². The van der Waals surface area contributed by atoms with Gasteiger partial charge in [0.2, 0.25) is 5.78 Å². The summed E-state index contributed by atoms with van der Waals surface area (Å²) >= 11 is 0. The number of carbonyl (C=O) groups excluding carboxylic acids is 1. The van der Waals surface area contributed by atoms with Gasteiger partial charge in [0.25, 0.3) is 0 Å². The SMILES string of the molecule is Cc1ccc(N=C2C=C(N3CCOCC3)C(=O)c3cccc(O)c32)cc1. The first kappa shape index (κ1) is 16.5. The second-order valence-electron chi connectivity index (χ2n) is 6.49. The number of aryl methyl sites for hydroxylation is 1. The number of hydrogen-bond donors (Lipinski definition) is 1. The number of phenolic OH excluding ortho intramolecular Hbond substituents is 1. The van der Waals surface area contributed by atoms with Gasteiger partial charge < -0.3 is 14.7 Å². The van der Waals surface area contributed by atoms with E-state index in [2.05, 4.69) is 0 Å². The molecule has 0 bridgehead atoms. The Balaban J connectivity index is 1.84. The summed E-state index contributed by atoms with van der Waals surface area (Å²) in [5, 5.41) is 10.4. The van der Waals surface area contributed by atoms with Crippen molar-refractivity contribution >= 4 is 17.2 Å². The number of nitrogens with zero attached hydrogens (tertiary/aromatic N) is 2. The van der Waals surface area contributed by atoms with Crippen molar-refractivity contribution in [1.82, 2.24) is 4.90 Å². The van der Waals surface area contributed by atoms with Crippen LogP contribution < -0.4 is 0 Å². The summed E-state index contributed by atoms with van der Waals surface area (Å²) in [7, 11) is 0. The number of hydrogen-bond acceptors (Lipinski definition) is 5. The molecule has 1 aliphatic carbocycles. The smallest absolute Gasteiger partial charge is 0.209 e. The van der Waals surface area contributed by atoms with Crippen LogP contribution in [0, 0.1) is 6.92 Å². The highest BCUT2D eigenvalue weighted by atomic mass is 16.5. The largest absolute Gasteiger partial charge is 0.507 e. The molecule has 0 saturated carbocycles. The third-order valence-corrected chi connectivity index (χ3v) is 4.68. The Labute approximate surface area is 152 Å². The molecule has 132 valence electrons. The molecule has 1 aliphatic heterocycles. The molecular formula is C21H20N2O3. The molecule has 0 amide bonds. The van der Waals surface area contributed by atoms with Crippen LogP contribution in [-0.4, -0.2) is 47.8 Å². The number of phenols is 1. The van der Waals surface area contributed by atoms with E-state index in [4.69, 9.17) is 9.73 Å². The summed E-state index contributed by atoms with van der Waals surface area (Å²) in [4.78, 5) is 19.7. The molecule has 1 N–H and O–H groups in total. The van der Waals surface area contributed by atoms with Crippen molar-refractivity contribution in [3.8, 4) is 5.75 Å². The Morgan fingerprint density at radius 1 is 1.08 bits per heavy atom. The zero-order valence-electron chi connectivity index (χ0n) is 14.6. The quantitative estimate of drug-likeness (QED) is 0.905. The van der Waals surface area contributed by atoms with Gasteiger partial charge in [-0.05, 0) is 31.2 Å². The van der Waals surface area contributed by atoms with E-state index in [0.717, 1.165) is 11.3 Å². The van der Waals surface area contributed by atoms with E-state index in [-0.39, 0.29) is 11.5 Å². The van der Waals surface area contributed by atoms with Crippen LogP contribution in [0.5, 0.6) is 5.75 Å². The van der Waals surface area contributed by atoms with Crippen molar-refractivity contribution < 1.29 is 14.6 Å². The molecule has 0 radical (unpaired) electrons. The minimum absolute atomic E-state index is 0.0685. The van der Waals surface area contributed by atoms with E-state index in [0.29, 0.717) is 48.8 Å². The third-order valence-electron chi connectivity index (χ3n) is 4.68. The van der Waals surface area contributed by atoms with Gasteiger partial charge in [0.15, 0.2) is 0 Å². The number of ether oxygens (including phenoxy) is 1. The predicted molar refractivity (Wildman–Crippen MR) is 100 cm³/mol. The zero-order valence-corrected chi connectivity index (χ0v) is 14.6. The lowest BCUT2D eigenvalue weighted by Crippen LogP contribution is -2.39. The van der Waals surface area contributed by atoms with Crippen LogP contribution in [-0.2, 0) is 4.74 Å². The molecular weight excluding hydrogens is 328 g/mol. The van der Waals surface area contributed by atoms with E-state index < -0.39 is 0 Å². The molecule has 0 atom stereocenters. The minimum atomic E-state index is -0.0827. The molecule has 2 aromatic rings. The van der Waals surface area contributed by atoms with Crippen LogP contribution in [0.4, 0.5) is 5.69 Å². The molecule has 1 fully saturated rings. The monoisotopic (exact) mass is 348 g/mol. The number of allylic oxidation sites excluding steroid dienone is 2. The second-order valence-corrected chi connectivity index (χ2v) is 6.49. The van der Waals surface area contributed by atoms with Gasteiger partial charge in [-0.3, -0.25) is 4.79 Å². The number of benzene rings is 2. The summed E-state index contributed by atoms with van der Waals surface area (Å²) in [5.74, 6) is -0.0142. The van der Waals surface area contributed by atoms with E-state index in [1.807, 2.05) is 36.1 Å². The van der Waals surface area contributed by atoms with Gasteiger partial charge in [-0.25, -0.2) is 4.99 Å². The van der Waals surface area contributed by atoms with Crippen molar-refractivity contribution in [3.63, 3.8) is 0 Å². The van der Waals surface area contributed by atoms with Crippen LogP contribution in [0.15, 0.2) is 59.2 Å². The predicted octanol–water partition coefficient (Wildman–Crippen LogP) is 3.23. The van der Waals surface area contributed by atoms with Crippen LogP contribution >= 0.6 is 0 Å². The lowest BCUT2D eigenvalue weighted by atomic mass is 9.90. The average Bonchev–Trinajstić information content (AvgIpc) is 2.66. The van der Waals surface area contributed by atoms with Crippen molar-refractivity contribution in [2.24, 2.45) is 4.99 Å². The first-order chi connectivity index (χ1) is 12.6. The van der Waals surface area contributed by atoms with Gasteiger partial charge in [0.1, 0.15) is 5.75 Å². The molecule has 1 heterocycles. The summed E-state index contributed by atoms with van der Waals surface area (Å²) in [6.07, 6.45) is 1.79. The summed E-state index contributed by atoms with van der Waals surface area (Å²) in [6, 6.07) is 12.9. The molecule has 0 spiro atoms. The maximum atomic E-state index is 13.0. The van der Waals surface area contributed by atoms with Crippen LogP contribution in [0.1, 0.15) is 21.5 Å². The summed E-state index contributed by atoms with van der Waals surface area (Å²) in [6.45, 7) is 4.56. The van der Waals surface area contributed by atoms with Gasteiger partial charge in [-0.2, -0.15) is 0 Å². The number of carbonyl (C=O) groups is 1. The molecule has 4 rings (SSSR count). The van der Waals surface area contributed by atoms with Crippen LogP contribution in [0.2, 0.25) is 0 Å². The van der Waals surface area contributed by atoms with E-state index in [1.165, 1.54) is 0 Å². The number of aromatic hydroxyl groups is 1. The molecule has 2 aliphatic rings. The van der Waals surface area contributed by atoms with Gasteiger partial charge in [0, 0.05) is 18.7 Å². The highest BCUT2D eigenvalue weighted by molar-refractivity contribution is 6.27. The van der Waals surface area contributed by atoms with Crippen molar-refractivity contribution in [1.29, 1.82) is 0 Å². The van der Waals surface area contributed by atoms with Crippen LogP contribution in [0.3, 0.4) is 0 Å². The Hall–Kier alpha value is -2.92. The third kappa shape index (κ3) is 3.02. The van der Waals surface area contributed by atoms with E-state index in [1.54, 1.807) is 24.3 Å². The number of ketones is 1. The summed E-state index contributed by atoms with van der Waals surface area (Å²) < 4.78 is 5.40. The number of morpholine rings is 1. The van der Waals surface area contributed by atoms with Gasteiger partial charge in [0.05, 0.1) is 35.9 Å². The van der Waals surface area contributed by atoms with E-state index in [9.17, 15) is 9.90 Å². The Bertz CT molecular complexity index is 907. The molecule has 0 aromatic heterocycles. The number of rotatable bonds is 2. The molecule has 5 nitrogen and oxygen atoms in total. The maximum absolute atomic E-state index is 13.0. The highest BCUT2D eigenvalue weighted by Crippen LogP contribution is 2.31.